The van der Waals surface area contributed by atoms with Crippen LogP contribution in [0.1, 0.15) is 37.6 Å². The summed E-state index contributed by atoms with van der Waals surface area (Å²) in [5.41, 5.74) is 0.699. The fraction of sp³-hybridized carbons (Fsp3) is 0.500. The van der Waals surface area contributed by atoms with Gasteiger partial charge in [0.2, 0.25) is 0 Å². The van der Waals surface area contributed by atoms with E-state index in [4.69, 9.17) is 4.74 Å². The molecule has 0 bridgehead atoms. The Morgan fingerprint density at radius 1 is 1.28 bits per heavy atom. The number of hydrogen-bond acceptors (Lipinski definition) is 2. The Balaban J connectivity index is 2.93. The number of carbonyl (C=O) groups is 1. The second kappa shape index (κ2) is 7.61. The molecule has 0 saturated heterocycles. The van der Waals surface area contributed by atoms with Gasteiger partial charge in [-0.3, -0.25) is 4.79 Å². The molecule has 0 spiro atoms. The van der Waals surface area contributed by atoms with Gasteiger partial charge >= 0.3 is 0 Å². The molecule has 4 heteroatoms. The minimum absolute atomic E-state index is 0.0674. The minimum Gasteiger partial charge on any atom is -0.492 e. The van der Waals surface area contributed by atoms with Crippen molar-refractivity contribution in [3.05, 3.63) is 27.3 Å². The van der Waals surface area contributed by atoms with E-state index in [0.717, 1.165) is 28.8 Å². The predicted octanol–water partition coefficient (Wildman–Crippen LogP) is 3.56. The maximum Gasteiger partial charge on any atom is 0.253 e. The van der Waals surface area contributed by atoms with Crippen LogP contribution in [0.15, 0.2) is 18.2 Å². The van der Waals surface area contributed by atoms with Crippen molar-refractivity contribution in [2.24, 2.45) is 0 Å². The maximum absolute atomic E-state index is 12.2. The third-order valence-electron chi connectivity index (χ3n) is 2.69. The van der Waals surface area contributed by atoms with Gasteiger partial charge in [0.1, 0.15) is 5.75 Å². The number of rotatable bonds is 6. The topological polar surface area (TPSA) is 29.5 Å². The first-order valence-electron chi connectivity index (χ1n) is 6.35. The molecule has 18 heavy (non-hydrogen) atoms. The molecule has 1 rings (SSSR count). The Hall–Kier alpha value is -0.780. The van der Waals surface area contributed by atoms with Crippen LogP contribution < -0.4 is 4.74 Å². The van der Waals surface area contributed by atoms with Crippen molar-refractivity contribution >= 4 is 28.5 Å². The first-order valence-corrected chi connectivity index (χ1v) is 7.43. The molecule has 1 aromatic rings. The molecule has 0 saturated carbocycles. The van der Waals surface area contributed by atoms with Gasteiger partial charge in [-0.1, -0.05) is 6.92 Å². The molecule has 1 amide bonds. The number of benzene rings is 1. The van der Waals surface area contributed by atoms with Gasteiger partial charge in [0.15, 0.2) is 0 Å². The number of nitrogens with zero attached hydrogens (tertiary/aromatic N) is 1. The summed E-state index contributed by atoms with van der Waals surface area (Å²) in [5.74, 6) is 0.869. The average Bonchev–Trinajstić information content (AvgIpc) is 2.39. The highest BCUT2D eigenvalue weighted by molar-refractivity contribution is 14.1. The van der Waals surface area contributed by atoms with Crippen LogP contribution in [0.4, 0.5) is 0 Å². The van der Waals surface area contributed by atoms with Gasteiger partial charge in [0.05, 0.1) is 10.2 Å². The monoisotopic (exact) mass is 361 g/mol. The zero-order valence-corrected chi connectivity index (χ0v) is 13.4. The Bertz CT molecular complexity index is 403. The molecule has 1 aromatic carbocycles. The minimum atomic E-state index is 0.0674. The van der Waals surface area contributed by atoms with Crippen LogP contribution in [-0.2, 0) is 0 Å². The van der Waals surface area contributed by atoms with Crippen molar-refractivity contribution in [3.63, 3.8) is 0 Å². The SMILES string of the molecule is CCCOc1cc(C(=O)N(CC)CC)ccc1I. The first kappa shape index (κ1) is 15.3. The third-order valence-corrected chi connectivity index (χ3v) is 3.58. The van der Waals surface area contributed by atoms with Crippen LogP contribution in [0, 0.1) is 3.57 Å². The maximum atomic E-state index is 12.2. The highest BCUT2D eigenvalue weighted by atomic mass is 127. The quantitative estimate of drug-likeness (QED) is 0.726. The van der Waals surface area contributed by atoms with Gasteiger partial charge < -0.3 is 9.64 Å². The Morgan fingerprint density at radius 2 is 1.94 bits per heavy atom. The Kier molecular flexibility index (Phi) is 6.46. The number of halogens is 1. The summed E-state index contributed by atoms with van der Waals surface area (Å²) in [6, 6.07) is 5.64. The van der Waals surface area contributed by atoms with E-state index in [1.54, 1.807) is 0 Å². The van der Waals surface area contributed by atoms with Crippen LogP contribution in [0.2, 0.25) is 0 Å². The number of ether oxygens (including phenoxy) is 1. The average molecular weight is 361 g/mol. The van der Waals surface area contributed by atoms with Crippen LogP contribution in [0.5, 0.6) is 5.75 Å². The third kappa shape index (κ3) is 3.86. The summed E-state index contributed by atoms with van der Waals surface area (Å²) in [5, 5.41) is 0. The van der Waals surface area contributed by atoms with Crippen LogP contribution in [0.25, 0.3) is 0 Å². The lowest BCUT2D eigenvalue weighted by molar-refractivity contribution is 0.0772. The fourth-order valence-electron chi connectivity index (χ4n) is 1.65. The largest absolute Gasteiger partial charge is 0.492 e. The van der Waals surface area contributed by atoms with Crippen molar-refractivity contribution in [2.75, 3.05) is 19.7 Å². The molecule has 0 fully saturated rings. The van der Waals surface area contributed by atoms with E-state index in [1.807, 2.05) is 36.9 Å². The molecule has 0 aliphatic carbocycles. The molecule has 0 atom stereocenters. The zero-order valence-electron chi connectivity index (χ0n) is 11.2. The van der Waals surface area contributed by atoms with Crippen molar-refractivity contribution in [3.8, 4) is 5.75 Å². The van der Waals surface area contributed by atoms with E-state index in [9.17, 15) is 4.79 Å². The normalized spacial score (nSPS) is 10.2. The lowest BCUT2D eigenvalue weighted by atomic mass is 10.2. The van der Waals surface area contributed by atoms with Gasteiger partial charge in [0.25, 0.3) is 5.91 Å². The van der Waals surface area contributed by atoms with Crippen LogP contribution in [-0.4, -0.2) is 30.5 Å². The lowest BCUT2D eigenvalue weighted by Gasteiger charge is -2.19. The van der Waals surface area contributed by atoms with E-state index < -0.39 is 0 Å². The summed E-state index contributed by atoms with van der Waals surface area (Å²) in [6.45, 7) is 8.18. The fourth-order valence-corrected chi connectivity index (χ4v) is 2.14. The van der Waals surface area contributed by atoms with Gasteiger partial charge in [0, 0.05) is 18.7 Å². The van der Waals surface area contributed by atoms with Crippen molar-refractivity contribution in [1.29, 1.82) is 0 Å². The molecule has 0 aliphatic heterocycles. The van der Waals surface area contributed by atoms with Crippen molar-refractivity contribution < 1.29 is 9.53 Å². The Labute approximate surface area is 123 Å². The molecule has 0 radical (unpaired) electrons. The molecule has 3 nitrogen and oxygen atoms in total. The van der Waals surface area contributed by atoms with E-state index >= 15 is 0 Å². The van der Waals surface area contributed by atoms with Gasteiger partial charge in [-0.25, -0.2) is 0 Å². The molecule has 0 aromatic heterocycles. The smallest absolute Gasteiger partial charge is 0.253 e. The van der Waals surface area contributed by atoms with E-state index in [0.29, 0.717) is 12.2 Å². The summed E-state index contributed by atoms with van der Waals surface area (Å²) >= 11 is 2.23. The Morgan fingerprint density at radius 3 is 2.50 bits per heavy atom. The van der Waals surface area contributed by atoms with Gasteiger partial charge in [-0.15, -0.1) is 0 Å². The standard InChI is InChI=1S/C14H20INO2/c1-4-9-18-13-10-11(7-8-12(13)15)14(17)16(5-2)6-3/h7-8,10H,4-6,9H2,1-3H3. The summed E-state index contributed by atoms with van der Waals surface area (Å²) in [4.78, 5) is 14.0. The number of carbonyl (C=O) groups excluding carboxylic acids is 1. The van der Waals surface area contributed by atoms with Crippen LogP contribution in [0.3, 0.4) is 0 Å². The number of amides is 1. The van der Waals surface area contributed by atoms with Crippen molar-refractivity contribution in [1.82, 2.24) is 4.90 Å². The van der Waals surface area contributed by atoms with E-state index in [-0.39, 0.29) is 5.91 Å². The second-order valence-electron chi connectivity index (χ2n) is 3.97. The lowest BCUT2D eigenvalue weighted by Crippen LogP contribution is -2.30. The molecule has 100 valence electrons. The molecule has 0 N–H and O–H groups in total. The molecule has 0 heterocycles. The van der Waals surface area contributed by atoms with Crippen LogP contribution >= 0.6 is 22.6 Å². The van der Waals surface area contributed by atoms with E-state index in [2.05, 4.69) is 29.5 Å². The summed E-state index contributed by atoms with van der Waals surface area (Å²) in [6.07, 6.45) is 0.963. The zero-order chi connectivity index (χ0) is 13.5. The summed E-state index contributed by atoms with van der Waals surface area (Å²) in [7, 11) is 0. The molecule has 0 unspecified atom stereocenters. The first-order chi connectivity index (χ1) is 8.63. The molecule has 0 aliphatic rings. The summed E-state index contributed by atoms with van der Waals surface area (Å²) < 4.78 is 6.68. The number of hydrogen-bond donors (Lipinski definition) is 0. The predicted molar refractivity (Wildman–Crippen MR) is 82.2 cm³/mol. The van der Waals surface area contributed by atoms with Gasteiger partial charge in [-0.2, -0.15) is 0 Å². The highest BCUT2D eigenvalue weighted by Crippen LogP contribution is 2.23. The second-order valence-corrected chi connectivity index (χ2v) is 5.13. The van der Waals surface area contributed by atoms with Crippen molar-refractivity contribution in [2.45, 2.75) is 27.2 Å². The van der Waals surface area contributed by atoms with E-state index in [1.165, 1.54) is 0 Å². The highest BCUT2D eigenvalue weighted by Gasteiger charge is 2.14. The molecular formula is C14H20INO2. The van der Waals surface area contributed by atoms with Gasteiger partial charge in [-0.05, 0) is 61.1 Å². The molecular weight excluding hydrogens is 341 g/mol.